The van der Waals surface area contributed by atoms with Crippen molar-refractivity contribution in [1.29, 1.82) is 0 Å². The summed E-state index contributed by atoms with van der Waals surface area (Å²) in [6, 6.07) is 7.31. The molecule has 8 heteroatoms. The normalized spacial score (nSPS) is 10.1. The smallest absolute Gasteiger partial charge is 0.325 e. The molecule has 2 rings (SSSR count). The summed E-state index contributed by atoms with van der Waals surface area (Å²) < 4.78 is 6.27. The molecule has 0 atom stereocenters. The van der Waals surface area contributed by atoms with E-state index in [0.29, 0.717) is 5.75 Å². The molecular formula is C13H14N4O4. The number of ether oxygens (including phenoxy) is 1. The Morgan fingerprint density at radius 3 is 2.86 bits per heavy atom. The van der Waals surface area contributed by atoms with Gasteiger partial charge in [-0.2, -0.15) is 0 Å². The standard InChI is InChI=1S/C13H14N4O4/c1-21-11-5-3-2-4-9(11)6-14-13(20)10-7-17(16-15-10)8-12(18)19/h2-5,7H,6,8H2,1H3,(H,14,20)(H,18,19). The van der Waals surface area contributed by atoms with Crippen LogP contribution in [0.25, 0.3) is 0 Å². The minimum absolute atomic E-state index is 0.0612. The van der Waals surface area contributed by atoms with Crippen LogP contribution in [0.5, 0.6) is 5.75 Å². The van der Waals surface area contributed by atoms with E-state index in [9.17, 15) is 9.59 Å². The van der Waals surface area contributed by atoms with Gasteiger partial charge in [0.25, 0.3) is 5.91 Å². The van der Waals surface area contributed by atoms with E-state index in [1.54, 1.807) is 13.2 Å². The molecular weight excluding hydrogens is 276 g/mol. The molecule has 0 spiro atoms. The molecule has 0 fully saturated rings. The first-order chi connectivity index (χ1) is 10.1. The number of amides is 1. The van der Waals surface area contributed by atoms with Crippen molar-refractivity contribution in [2.24, 2.45) is 0 Å². The van der Waals surface area contributed by atoms with Crippen molar-refractivity contribution in [1.82, 2.24) is 20.3 Å². The van der Waals surface area contributed by atoms with Gasteiger partial charge in [0.15, 0.2) is 5.69 Å². The molecule has 21 heavy (non-hydrogen) atoms. The lowest BCUT2D eigenvalue weighted by Crippen LogP contribution is -2.23. The van der Waals surface area contributed by atoms with Gasteiger partial charge in [0.2, 0.25) is 0 Å². The first-order valence-corrected chi connectivity index (χ1v) is 6.12. The minimum atomic E-state index is -1.05. The Morgan fingerprint density at radius 1 is 1.38 bits per heavy atom. The number of para-hydroxylation sites is 1. The lowest BCUT2D eigenvalue weighted by molar-refractivity contribution is -0.137. The highest BCUT2D eigenvalue weighted by Crippen LogP contribution is 2.16. The fraction of sp³-hybridized carbons (Fsp3) is 0.231. The number of aliphatic carboxylic acids is 1. The first kappa shape index (κ1) is 14.5. The van der Waals surface area contributed by atoms with Crippen molar-refractivity contribution in [2.45, 2.75) is 13.1 Å². The highest BCUT2D eigenvalue weighted by molar-refractivity contribution is 5.91. The van der Waals surface area contributed by atoms with Gasteiger partial charge in [-0.05, 0) is 6.07 Å². The van der Waals surface area contributed by atoms with Crippen molar-refractivity contribution >= 4 is 11.9 Å². The number of carbonyl (C=O) groups is 2. The molecule has 1 aromatic heterocycles. The minimum Gasteiger partial charge on any atom is -0.496 e. The molecule has 0 aliphatic heterocycles. The van der Waals surface area contributed by atoms with E-state index in [4.69, 9.17) is 9.84 Å². The molecule has 110 valence electrons. The molecule has 0 bridgehead atoms. The summed E-state index contributed by atoms with van der Waals surface area (Å²) in [6.45, 7) is -0.0680. The molecule has 0 aliphatic rings. The molecule has 1 aromatic carbocycles. The number of benzene rings is 1. The van der Waals surface area contributed by atoms with E-state index in [1.807, 2.05) is 18.2 Å². The van der Waals surface area contributed by atoms with Gasteiger partial charge < -0.3 is 15.2 Å². The molecule has 1 amide bonds. The molecule has 0 saturated carbocycles. The van der Waals surface area contributed by atoms with E-state index < -0.39 is 11.9 Å². The molecule has 1 heterocycles. The summed E-state index contributed by atoms with van der Waals surface area (Å²) in [5.74, 6) is -0.814. The Kier molecular flexibility index (Phi) is 4.50. The van der Waals surface area contributed by atoms with Gasteiger partial charge in [0.05, 0.1) is 13.3 Å². The van der Waals surface area contributed by atoms with E-state index >= 15 is 0 Å². The number of nitrogens with zero attached hydrogens (tertiary/aromatic N) is 3. The number of carbonyl (C=O) groups excluding carboxylic acids is 1. The Morgan fingerprint density at radius 2 is 2.14 bits per heavy atom. The monoisotopic (exact) mass is 290 g/mol. The first-order valence-electron chi connectivity index (χ1n) is 6.12. The zero-order valence-corrected chi connectivity index (χ0v) is 11.3. The Balaban J connectivity index is 1.98. The fourth-order valence-corrected chi connectivity index (χ4v) is 1.73. The van der Waals surface area contributed by atoms with Gasteiger partial charge in [-0.3, -0.25) is 9.59 Å². The maximum absolute atomic E-state index is 11.9. The Labute approximate surface area is 120 Å². The molecule has 0 unspecified atom stereocenters. The molecule has 0 saturated heterocycles. The van der Waals surface area contributed by atoms with Crippen LogP contribution in [0.3, 0.4) is 0 Å². The van der Waals surface area contributed by atoms with Crippen molar-refractivity contribution in [3.05, 3.63) is 41.7 Å². The summed E-state index contributed by atoms with van der Waals surface area (Å²) in [5, 5.41) is 18.5. The van der Waals surface area contributed by atoms with Crippen molar-refractivity contribution in [2.75, 3.05) is 7.11 Å². The van der Waals surface area contributed by atoms with Crippen LogP contribution in [0.15, 0.2) is 30.5 Å². The van der Waals surface area contributed by atoms with E-state index in [0.717, 1.165) is 10.2 Å². The van der Waals surface area contributed by atoms with Crippen LogP contribution in [-0.4, -0.2) is 39.1 Å². The number of aromatic nitrogens is 3. The van der Waals surface area contributed by atoms with Gasteiger partial charge in [0, 0.05) is 12.1 Å². The second-order valence-electron chi connectivity index (χ2n) is 4.19. The zero-order valence-electron chi connectivity index (χ0n) is 11.3. The highest BCUT2D eigenvalue weighted by atomic mass is 16.5. The summed E-state index contributed by atoms with van der Waals surface area (Å²) in [5.41, 5.74) is 0.887. The van der Waals surface area contributed by atoms with Crippen LogP contribution < -0.4 is 10.1 Å². The summed E-state index contributed by atoms with van der Waals surface area (Å²) in [6.07, 6.45) is 1.28. The summed E-state index contributed by atoms with van der Waals surface area (Å²) in [4.78, 5) is 22.4. The van der Waals surface area contributed by atoms with Crippen LogP contribution >= 0.6 is 0 Å². The SMILES string of the molecule is COc1ccccc1CNC(=O)c1cn(CC(=O)O)nn1. The third-order valence-electron chi connectivity index (χ3n) is 2.70. The maximum atomic E-state index is 11.9. The predicted molar refractivity (Wildman–Crippen MR) is 71.8 cm³/mol. The van der Waals surface area contributed by atoms with Gasteiger partial charge in [-0.25, -0.2) is 4.68 Å². The number of carboxylic acid groups (broad SMARTS) is 1. The highest BCUT2D eigenvalue weighted by Gasteiger charge is 2.12. The Bertz CT molecular complexity index is 653. The van der Waals surface area contributed by atoms with Gasteiger partial charge in [-0.15, -0.1) is 5.10 Å². The maximum Gasteiger partial charge on any atom is 0.325 e. The van der Waals surface area contributed by atoms with E-state index in [-0.39, 0.29) is 18.8 Å². The van der Waals surface area contributed by atoms with E-state index in [2.05, 4.69) is 15.6 Å². The van der Waals surface area contributed by atoms with Gasteiger partial charge >= 0.3 is 5.97 Å². The molecule has 2 aromatic rings. The Hall–Kier alpha value is -2.90. The van der Waals surface area contributed by atoms with Crippen molar-refractivity contribution in [3.63, 3.8) is 0 Å². The predicted octanol–water partition coefficient (Wildman–Crippen LogP) is 0.301. The fourth-order valence-electron chi connectivity index (χ4n) is 1.73. The second-order valence-corrected chi connectivity index (χ2v) is 4.19. The largest absolute Gasteiger partial charge is 0.496 e. The van der Waals surface area contributed by atoms with Crippen LogP contribution in [0.4, 0.5) is 0 Å². The number of rotatable bonds is 6. The quantitative estimate of drug-likeness (QED) is 0.792. The van der Waals surface area contributed by atoms with Crippen LogP contribution in [0, 0.1) is 0 Å². The lowest BCUT2D eigenvalue weighted by atomic mass is 10.2. The number of methoxy groups -OCH3 is 1. The van der Waals surface area contributed by atoms with E-state index in [1.165, 1.54) is 6.20 Å². The average Bonchev–Trinajstić information content (AvgIpc) is 2.92. The second kappa shape index (κ2) is 6.51. The lowest BCUT2D eigenvalue weighted by Gasteiger charge is -2.08. The van der Waals surface area contributed by atoms with Gasteiger partial charge in [0.1, 0.15) is 12.3 Å². The molecule has 0 radical (unpaired) electrons. The van der Waals surface area contributed by atoms with Crippen molar-refractivity contribution in [3.8, 4) is 5.75 Å². The number of hydrogen-bond acceptors (Lipinski definition) is 5. The average molecular weight is 290 g/mol. The summed E-state index contributed by atoms with van der Waals surface area (Å²) in [7, 11) is 1.55. The molecule has 0 aliphatic carbocycles. The number of nitrogens with one attached hydrogen (secondary N) is 1. The van der Waals surface area contributed by atoms with Crippen molar-refractivity contribution < 1.29 is 19.4 Å². The molecule has 8 nitrogen and oxygen atoms in total. The zero-order chi connectivity index (χ0) is 15.2. The summed E-state index contributed by atoms with van der Waals surface area (Å²) >= 11 is 0. The third-order valence-corrected chi connectivity index (χ3v) is 2.70. The third kappa shape index (κ3) is 3.78. The number of carboxylic acids is 1. The molecule has 2 N–H and O–H groups in total. The topological polar surface area (TPSA) is 106 Å². The number of hydrogen-bond donors (Lipinski definition) is 2. The van der Waals surface area contributed by atoms with Gasteiger partial charge in [-0.1, -0.05) is 23.4 Å². The van der Waals surface area contributed by atoms with Crippen LogP contribution in [0.2, 0.25) is 0 Å². The van der Waals surface area contributed by atoms with Crippen LogP contribution in [0.1, 0.15) is 16.1 Å². The van der Waals surface area contributed by atoms with Crippen LogP contribution in [-0.2, 0) is 17.9 Å².